The Morgan fingerprint density at radius 2 is 2.27 bits per heavy atom. The van der Waals surface area contributed by atoms with Crippen LogP contribution in [0.4, 0.5) is 0 Å². The van der Waals surface area contributed by atoms with E-state index in [4.69, 9.17) is 4.74 Å². The number of aromatic nitrogens is 1. The molecule has 0 atom stereocenters. The number of aromatic amines is 1. The van der Waals surface area contributed by atoms with Gasteiger partial charge in [0.15, 0.2) is 0 Å². The minimum absolute atomic E-state index is 0.224. The van der Waals surface area contributed by atoms with Crippen LogP contribution in [0.1, 0.15) is 5.56 Å². The molecular weight excluding hydrogens is 196 g/mol. The van der Waals surface area contributed by atoms with E-state index in [0.29, 0.717) is 11.3 Å². The largest absolute Gasteiger partial charge is 0.496 e. The molecule has 0 bridgehead atoms. The van der Waals surface area contributed by atoms with Gasteiger partial charge in [-0.3, -0.25) is 10.1 Å². The van der Waals surface area contributed by atoms with E-state index < -0.39 is 0 Å². The summed E-state index contributed by atoms with van der Waals surface area (Å²) in [4.78, 5) is 13.2. The predicted molar refractivity (Wildman–Crippen MR) is 55.5 cm³/mol. The lowest BCUT2D eigenvalue weighted by Crippen LogP contribution is -2.01. The molecule has 2 rings (SSSR count). The smallest absolute Gasteiger partial charge is 0.233 e. The molecule has 0 fully saturated rings. The molecule has 0 aliphatic carbocycles. The van der Waals surface area contributed by atoms with Gasteiger partial charge in [-0.15, -0.1) is 0 Å². The Bertz CT molecular complexity index is 504. The quantitative estimate of drug-likeness (QED) is 0.616. The van der Waals surface area contributed by atoms with Crippen molar-refractivity contribution in [2.24, 2.45) is 0 Å². The molecule has 5 nitrogen and oxygen atoms in total. The Hall–Kier alpha value is -2.04. The third-order valence-corrected chi connectivity index (χ3v) is 2.31. The summed E-state index contributed by atoms with van der Waals surface area (Å²) < 4.78 is 5.11. The van der Waals surface area contributed by atoms with E-state index in [1.807, 2.05) is 12.1 Å². The first kappa shape index (κ1) is 9.51. The second kappa shape index (κ2) is 3.61. The van der Waals surface area contributed by atoms with E-state index in [9.17, 15) is 10.1 Å². The normalized spacial score (nSPS) is 10.5. The first-order valence-electron chi connectivity index (χ1n) is 4.47. The van der Waals surface area contributed by atoms with E-state index in [1.165, 1.54) is 7.11 Å². The number of nitrogens with one attached hydrogen (secondary N) is 1. The van der Waals surface area contributed by atoms with Crippen molar-refractivity contribution >= 4 is 10.9 Å². The monoisotopic (exact) mass is 206 g/mol. The molecule has 2 aromatic rings. The molecule has 0 aliphatic heterocycles. The zero-order chi connectivity index (χ0) is 10.8. The first-order chi connectivity index (χ1) is 7.22. The highest BCUT2D eigenvalue weighted by Gasteiger charge is 2.13. The van der Waals surface area contributed by atoms with Gasteiger partial charge in [0.1, 0.15) is 5.75 Å². The lowest BCUT2D eigenvalue weighted by atomic mass is 10.1. The maximum absolute atomic E-state index is 10.5. The van der Waals surface area contributed by atoms with Gasteiger partial charge in [-0.05, 0) is 18.2 Å². The molecule has 1 N–H and O–H groups in total. The Labute approximate surface area is 85.8 Å². The van der Waals surface area contributed by atoms with Gasteiger partial charge < -0.3 is 9.72 Å². The molecule has 1 aromatic heterocycles. The molecule has 78 valence electrons. The van der Waals surface area contributed by atoms with E-state index >= 15 is 0 Å². The summed E-state index contributed by atoms with van der Waals surface area (Å²) in [7, 11) is 1.51. The molecule has 0 unspecified atom stereocenters. The third kappa shape index (κ3) is 1.63. The van der Waals surface area contributed by atoms with Gasteiger partial charge in [-0.1, -0.05) is 0 Å². The topological polar surface area (TPSA) is 68.2 Å². The van der Waals surface area contributed by atoms with E-state index in [0.717, 1.165) is 10.9 Å². The minimum atomic E-state index is -0.357. The number of fused-ring (bicyclic) bond motifs is 1. The number of hydrogen-bond donors (Lipinski definition) is 1. The van der Waals surface area contributed by atoms with E-state index in [2.05, 4.69) is 4.98 Å². The Balaban J connectivity index is 2.62. The number of nitro groups is 1. The Morgan fingerprint density at radius 3 is 2.93 bits per heavy atom. The van der Waals surface area contributed by atoms with Gasteiger partial charge in [0.2, 0.25) is 6.54 Å². The summed E-state index contributed by atoms with van der Waals surface area (Å²) in [5.41, 5.74) is 1.49. The van der Waals surface area contributed by atoms with Gasteiger partial charge in [0, 0.05) is 22.0 Å². The van der Waals surface area contributed by atoms with Crippen LogP contribution in [0.5, 0.6) is 5.75 Å². The molecule has 0 spiro atoms. The number of nitrogens with zero attached hydrogens (tertiary/aromatic N) is 1. The molecule has 0 amide bonds. The SMILES string of the molecule is COc1ccc2[nH]ccc2c1C[N+](=O)[O-]. The van der Waals surface area contributed by atoms with Crippen molar-refractivity contribution < 1.29 is 9.66 Å². The van der Waals surface area contributed by atoms with Crippen LogP contribution >= 0.6 is 0 Å². The highest BCUT2D eigenvalue weighted by molar-refractivity contribution is 5.85. The summed E-state index contributed by atoms with van der Waals surface area (Å²) in [6.07, 6.45) is 1.76. The van der Waals surface area contributed by atoms with Crippen molar-refractivity contribution in [2.45, 2.75) is 6.54 Å². The first-order valence-corrected chi connectivity index (χ1v) is 4.47. The summed E-state index contributed by atoms with van der Waals surface area (Å²) in [6.45, 7) is -0.224. The van der Waals surface area contributed by atoms with Crippen LogP contribution in [-0.2, 0) is 6.54 Å². The van der Waals surface area contributed by atoms with Crippen LogP contribution in [0, 0.1) is 10.1 Å². The maximum Gasteiger partial charge on any atom is 0.233 e. The van der Waals surface area contributed by atoms with Gasteiger partial charge in [0.25, 0.3) is 0 Å². The van der Waals surface area contributed by atoms with Crippen molar-refractivity contribution in [1.82, 2.24) is 4.98 Å². The van der Waals surface area contributed by atoms with Crippen molar-refractivity contribution in [2.75, 3.05) is 7.11 Å². The van der Waals surface area contributed by atoms with Crippen LogP contribution < -0.4 is 4.74 Å². The van der Waals surface area contributed by atoms with E-state index in [1.54, 1.807) is 12.3 Å². The van der Waals surface area contributed by atoms with Crippen LogP contribution in [0.15, 0.2) is 24.4 Å². The second-order valence-corrected chi connectivity index (χ2v) is 3.18. The molecular formula is C10H10N2O3. The standard InChI is InChI=1S/C10H10N2O3/c1-15-10-3-2-9-7(4-5-11-9)8(10)6-12(13)14/h2-5,11H,6H2,1H3. The second-order valence-electron chi connectivity index (χ2n) is 3.18. The van der Waals surface area contributed by atoms with Crippen molar-refractivity contribution in [3.05, 3.63) is 40.1 Å². The van der Waals surface area contributed by atoms with Crippen molar-refractivity contribution in [3.63, 3.8) is 0 Å². The number of rotatable bonds is 3. The molecule has 1 aromatic carbocycles. The summed E-state index contributed by atoms with van der Waals surface area (Å²) in [6, 6.07) is 5.39. The minimum Gasteiger partial charge on any atom is -0.496 e. The average Bonchev–Trinajstić information content (AvgIpc) is 2.65. The fraction of sp³-hybridized carbons (Fsp3) is 0.200. The van der Waals surface area contributed by atoms with Gasteiger partial charge in [-0.2, -0.15) is 0 Å². The van der Waals surface area contributed by atoms with Crippen molar-refractivity contribution in [1.29, 1.82) is 0 Å². The van der Waals surface area contributed by atoms with Crippen LogP contribution in [-0.4, -0.2) is 17.0 Å². The number of ether oxygens (including phenoxy) is 1. The summed E-state index contributed by atoms with van der Waals surface area (Å²) in [5, 5.41) is 11.4. The predicted octanol–water partition coefficient (Wildman–Crippen LogP) is 1.95. The molecule has 0 saturated heterocycles. The average molecular weight is 206 g/mol. The summed E-state index contributed by atoms with van der Waals surface area (Å²) in [5.74, 6) is 0.554. The molecule has 5 heteroatoms. The lowest BCUT2D eigenvalue weighted by Gasteiger charge is -2.05. The molecule has 0 radical (unpaired) electrons. The fourth-order valence-electron chi connectivity index (χ4n) is 1.66. The van der Waals surface area contributed by atoms with Crippen LogP contribution in [0.2, 0.25) is 0 Å². The van der Waals surface area contributed by atoms with Gasteiger partial charge in [-0.25, -0.2) is 0 Å². The molecule has 0 aliphatic rings. The maximum atomic E-state index is 10.5. The number of benzene rings is 1. The highest BCUT2D eigenvalue weighted by Crippen LogP contribution is 2.27. The Kier molecular flexibility index (Phi) is 2.29. The highest BCUT2D eigenvalue weighted by atomic mass is 16.6. The molecule has 15 heavy (non-hydrogen) atoms. The molecule has 0 saturated carbocycles. The zero-order valence-electron chi connectivity index (χ0n) is 8.19. The van der Waals surface area contributed by atoms with Crippen LogP contribution in [0.3, 0.4) is 0 Å². The third-order valence-electron chi connectivity index (χ3n) is 2.31. The number of hydrogen-bond acceptors (Lipinski definition) is 3. The number of H-pyrrole nitrogens is 1. The van der Waals surface area contributed by atoms with Crippen molar-refractivity contribution in [3.8, 4) is 5.75 Å². The van der Waals surface area contributed by atoms with Crippen LogP contribution in [0.25, 0.3) is 10.9 Å². The molecule has 1 heterocycles. The van der Waals surface area contributed by atoms with Gasteiger partial charge in [0.05, 0.1) is 12.7 Å². The lowest BCUT2D eigenvalue weighted by molar-refractivity contribution is -0.496. The van der Waals surface area contributed by atoms with Gasteiger partial charge >= 0.3 is 0 Å². The van der Waals surface area contributed by atoms with E-state index in [-0.39, 0.29) is 11.5 Å². The number of methoxy groups -OCH3 is 1. The summed E-state index contributed by atoms with van der Waals surface area (Å²) >= 11 is 0. The fourth-order valence-corrected chi connectivity index (χ4v) is 1.66. The zero-order valence-corrected chi connectivity index (χ0v) is 8.19. The Morgan fingerprint density at radius 1 is 1.47 bits per heavy atom.